The van der Waals surface area contributed by atoms with E-state index in [4.69, 9.17) is 0 Å². The molecule has 0 spiro atoms. The molecule has 5 N–H and O–H groups in total. The van der Waals surface area contributed by atoms with E-state index in [-0.39, 0.29) is 5.75 Å². The van der Waals surface area contributed by atoms with Crippen LogP contribution in [0.3, 0.4) is 0 Å². The normalized spacial score (nSPS) is 13.7. The molecular weight excluding hydrogens is 278 g/mol. The third kappa shape index (κ3) is 5.06. The molecule has 2 rings (SSSR count). The second-order valence-electron chi connectivity index (χ2n) is 5.76. The number of hydrogen-bond acceptors (Lipinski definition) is 3. The average Bonchev–Trinajstić information content (AvgIpc) is 2.52. The molecule has 0 aliphatic rings. The van der Waals surface area contributed by atoms with Crippen molar-refractivity contribution in [2.75, 3.05) is 6.54 Å². The van der Waals surface area contributed by atoms with E-state index in [1.165, 1.54) is 5.56 Å². The van der Waals surface area contributed by atoms with E-state index in [1.807, 2.05) is 12.1 Å². The van der Waals surface area contributed by atoms with Gasteiger partial charge in [-0.1, -0.05) is 24.3 Å². The van der Waals surface area contributed by atoms with Crippen LogP contribution in [0.25, 0.3) is 0 Å². The van der Waals surface area contributed by atoms with Crippen LogP contribution in [-0.2, 0) is 6.42 Å². The molecule has 118 valence electrons. The highest BCUT2D eigenvalue weighted by Gasteiger charge is 2.12. The molecule has 4 heteroatoms. The average molecular weight is 302 g/mol. The first kappa shape index (κ1) is 16.3. The van der Waals surface area contributed by atoms with E-state index in [9.17, 15) is 15.3 Å². The standard InChI is InChI=1S/C18H23NO3/c1-13(2-3-14-4-8-16(20)9-5-14)19-12-18(22)15-6-10-17(21)11-7-15/h4-11,13,18-22H,2-3,12H2,1H3/p+1/t13-,18-/m1/s1. The lowest BCUT2D eigenvalue weighted by Crippen LogP contribution is -2.90. The van der Waals surface area contributed by atoms with Crippen LogP contribution in [0.5, 0.6) is 11.5 Å². The highest BCUT2D eigenvalue weighted by molar-refractivity contribution is 5.27. The Morgan fingerprint density at radius 1 is 0.909 bits per heavy atom. The van der Waals surface area contributed by atoms with Gasteiger partial charge >= 0.3 is 0 Å². The van der Waals surface area contributed by atoms with Crippen molar-refractivity contribution in [3.8, 4) is 11.5 Å². The molecule has 2 atom stereocenters. The Morgan fingerprint density at radius 3 is 2.05 bits per heavy atom. The van der Waals surface area contributed by atoms with Crippen molar-refractivity contribution in [2.24, 2.45) is 0 Å². The number of benzene rings is 2. The minimum atomic E-state index is -0.531. The molecule has 0 saturated carbocycles. The Labute approximate surface area is 131 Å². The van der Waals surface area contributed by atoms with Gasteiger partial charge in [-0.3, -0.25) is 0 Å². The van der Waals surface area contributed by atoms with Crippen LogP contribution in [0.2, 0.25) is 0 Å². The largest absolute Gasteiger partial charge is 0.508 e. The van der Waals surface area contributed by atoms with E-state index in [0.717, 1.165) is 18.4 Å². The number of nitrogens with two attached hydrogens (primary N) is 1. The van der Waals surface area contributed by atoms with Gasteiger partial charge in [-0.2, -0.15) is 0 Å². The summed E-state index contributed by atoms with van der Waals surface area (Å²) in [4.78, 5) is 0. The van der Waals surface area contributed by atoms with Crippen molar-refractivity contribution < 1.29 is 20.6 Å². The van der Waals surface area contributed by atoms with Gasteiger partial charge in [0.25, 0.3) is 0 Å². The summed E-state index contributed by atoms with van der Waals surface area (Å²) in [5, 5.41) is 30.8. The molecular formula is C18H24NO3+. The van der Waals surface area contributed by atoms with Gasteiger partial charge in [-0.15, -0.1) is 0 Å². The fourth-order valence-electron chi connectivity index (χ4n) is 2.37. The molecule has 2 aromatic carbocycles. The Balaban J connectivity index is 1.73. The van der Waals surface area contributed by atoms with Crippen LogP contribution < -0.4 is 5.32 Å². The number of hydrogen-bond donors (Lipinski definition) is 4. The first-order valence-electron chi connectivity index (χ1n) is 7.63. The van der Waals surface area contributed by atoms with Crippen LogP contribution in [-0.4, -0.2) is 27.9 Å². The highest BCUT2D eigenvalue weighted by Crippen LogP contribution is 2.15. The van der Waals surface area contributed by atoms with Gasteiger partial charge in [0.1, 0.15) is 24.1 Å². The lowest BCUT2D eigenvalue weighted by molar-refractivity contribution is -0.693. The zero-order valence-electron chi connectivity index (χ0n) is 12.8. The Bertz CT molecular complexity index is 566. The van der Waals surface area contributed by atoms with Crippen molar-refractivity contribution in [1.82, 2.24) is 0 Å². The highest BCUT2D eigenvalue weighted by atomic mass is 16.3. The van der Waals surface area contributed by atoms with Crippen molar-refractivity contribution in [3.63, 3.8) is 0 Å². The van der Waals surface area contributed by atoms with Gasteiger partial charge in [0.15, 0.2) is 0 Å². The third-order valence-corrected chi connectivity index (χ3v) is 3.86. The van der Waals surface area contributed by atoms with E-state index in [0.29, 0.717) is 18.3 Å². The number of rotatable bonds is 7. The van der Waals surface area contributed by atoms with Crippen LogP contribution in [0.4, 0.5) is 0 Å². The van der Waals surface area contributed by atoms with Crippen LogP contribution in [0.1, 0.15) is 30.6 Å². The van der Waals surface area contributed by atoms with Gasteiger partial charge in [-0.05, 0) is 48.7 Å². The number of phenolic OH excluding ortho intramolecular Hbond substituents is 2. The van der Waals surface area contributed by atoms with Crippen molar-refractivity contribution in [2.45, 2.75) is 31.9 Å². The quantitative estimate of drug-likeness (QED) is 0.629. The summed E-state index contributed by atoms with van der Waals surface area (Å²) in [5.74, 6) is 0.502. The van der Waals surface area contributed by atoms with Crippen molar-refractivity contribution >= 4 is 0 Å². The fourth-order valence-corrected chi connectivity index (χ4v) is 2.37. The zero-order chi connectivity index (χ0) is 15.9. The van der Waals surface area contributed by atoms with Gasteiger partial charge < -0.3 is 20.6 Å². The Hall–Kier alpha value is -2.04. The van der Waals surface area contributed by atoms with Gasteiger partial charge in [0.05, 0.1) is 6.04 Å². The predicted octanol–water partition coefficient (Wildman–Crippen LogP) is 1.72. The van der Waals surface area contributed by atoms with E-state index < -0.39 is 6.10 Å². The van der Waals surface area contributed by atoms with E-state index in [1.54, 1.807) is 36.4 Å². The predicted molar refractivity (Wildman–Crippen MR) is 85.7 cm³/mol. The topological polar surface area (TPSA) is 77.3 Å². The molecule has 0 bridgehead atoms. The number of aliphatic hydroxyl groups is 1. The first-order chi connectivity index (χ1) is 10.5. The molecule has 0 amide bonds. The summed E-state index contributed by atoms with van der Waals surface area (Å²) in [6, 6.07) is 14.4. The minimum absolute atomic E-state index is 0.210. The minimum Gasteiger partial charge on any atom is -0.508 e. The molecule has 0 saturated heterocycles. The maximum Gasteiger partial charge on any atom is 0.128 e. The Kier molecular flexibility index (Phi) is 5.81. The maximum absolute atomic E-state index is 10.1. The number of aryl methyl sites for hydroxylation is 1. The molecule has 0 aliphatic carbocycles. The van der Waals surface area contributed by atoms with Gasteiger partial charge in [0, 0.05) is 6.42 Å². The summed E-state index contributed by atoms with van der Waals surface area (Å²) >= 11 is 0. The summed E-state index contributed by atoms with van der Waals surface area (Å²) in [5.41, 5.74) is 2.02. The molecule has 0 aromatic heterocycles. The van der Waals surface area contributed by atoms with Crippen LogP contribution >= 0.6 is 0 Å². The molecule has 0 aliphatic heterocycles. The first-order valence-corrected chi connectivity index (χ1v) is 7.63. The lowest BCUT2D eigenvalue weighted by Gasteiger charge is -2.14. The summed E-state index contributed by atoms with van der Waals surface area (Å²) in [6.07, 6.45) is 1.43. The fraction of sp³-hybridized carbons (Fsp3) is 0.333. The third-order valence-electron chi connectivity index (χ3n) is 3.86. The maximum atomic E-state index is 10.1. The van der Waals surface area contributed by atoms with Gasteiger partial charge in [0.2, 0.25) is 0 Å². The second kappa shape index (κ2) is 7.82. The molecule has 2 aromatic rings. The molecule has 0 heterocycles. The number of aliphatic hydroxyl groups excluding tert-OH is 1. The monoisotopic (exact) mass is 302 g/mol. The lowest BCUT2D eigenvalue weighted by atomic mass is 10.1. The summed E-state index contributed by atoms with van der Waals surface area (Å²) < 4.78 is 0. The number of quaternary nitrogens is 1. The molecule has 4 nitrogen and oxygen atoms in total. The van der Waals surface area contributed by atoms with Crippen LogP contribution in [0.15, 0.2) is 48.5 Å². The second-order valence-corrected chi connectivity index (χ2v) is 5.76. The van der Waals surface area contributed by atoms with Gasteiger partial charge in [-0.25, -0.2) is 0 Å². The van der Waals surface area contributed by atoms with Crippen LogP contribution in [0, 0.1) is 0 Å². The molecule has 0 fully saturated rings. The number of aromatic hydroxyl groups is 2. The smallest absolute Gasteiger partial charge is 0.128 e. The zero-order valence-corrected chi connectivity index (χ0v) is 12.8. The molecule has 22 heavy (non-hydrogen) atoms. The summed E-state index contributed by atoms with van der Waals surface area (Å²) in [6.45, 7) is 2.74. The Morgan fingerprint density at radius 2 is 1.45 bits per heavy atom. The van der Waals surface area contributed by atoms with E-state index in [2.05, 4.69) is 12.2 Å². The summed E-state index contributed by atoms with van der Waals surface area (Å²) in [7, 11) is 0. The number of phenols is 2. The SMILES string of the molecule is C[C@H](CCc1ccc(O)cc1)[NH2+]C[C@@H](O)c1ccc(O)cc1. The molecule has 0 radical (unpaired) electrons. The molecule has 0 unspecified atom stereocenters. The van der Waals surface area contributed by atoms with Crippen molar-refractivity contribution in [1.29, 1.82) is 0 Å². The van der Waals surface area contributed by atoms with Crippen molar-refractivity contribution in [3.05, 3.63) is 59.7 Å². The van der Waals surface area contributed by atoms with E-state index >= 15 is 0 Å².